The van der Waals surface area contributed by atoms with Crippen LogP contribution in [0.1, 0.15) is 25.7 Å². The molecule has 1 aliphatic heterocycles. The Balaban J connectivity index is 2.38. The van der Waals surface area contributed by atoms with E-state index in [1.54, 1.807) is 0 Å². The van der Waals surface area contributed by atoms with Crippen LogP contribution >= 0.6 is 0 Å². The summed E-state index contributed by atoms with van der Waals surface area (Å²) in [5.41, 5.74) is 5.14. The van der Waals surface area contributed by atoms with Crippen LogP contribution < -0.4 is 5.73 Å². The lowest BCUT2D eigenvalue weighted by molar-refractivity contribution is 0.263. The fourth-order valence-electron chi connectivity index (χ4n) is 2.68. The second-order valence-corrected chi connectivity index (χ2v) is 6.92. The SMILES string of the molecule is Nc1cc(F)c(S(=O)(=O)N2CCCC2CCCO)c(F)c1. The average molecular weight is 320 g/mol. The van der Waals surface area contributed by atoms with Gasteiger partial charge in [-0.1, -0.05) is 0 Å². The van der Waals surface area contributed by atoms with Gasteiger partial charge in [0.05, 0.1) is 0 Å². The summed E-state index contributed by atoms with van der Waals surface area (Å²) in [5.74, 6) is -2.36. The number of anilines is 1. The highest BCUT2D eigenvalue weighted by Gasteiger charge is 2.38. The van der Waals surface area contributed by atoms with Crippen molar-refractivity contribution in [1.82, 2.24) is 4.31 Å². The Labute approximate surface area is 122 Å². The number of sulfonamides is 1. The molecule has 1 saturated heterocycles. The van der Waals surface area contributed by atoms with Gasteiger partial charge in [0.1, 0.15) is 11.6 Å². The molecule has 3 N–H and O–H groups in total. The second-order valence-electron chi connectivity index (χ2n) is 5.09. The molecule has 0 aliphatic carbocycles. The molecule has 1 aromatic carbocycles. The van der Waals surface area contributed by atoms with Crippen LogP contribution in [0.3, 0.4) is 0 Å². The summed E-state index contributed by atoms with van der Waals surface area (Å²) in [4.78, 5) is -0.951. The number of nitrogens with zero attached hydrogens (tertiary/aromatic N) is 1. The Kier molecular flexibility index (Phi) is 4.80. The van der Waals surface area contributed by atoms with E-state index in [1.807, 2.05) is 0 Å². The molecule has 1 aliphatic rings. The van der Waals surface area contributed by atoms with Crippen LogP contribution in [0.15, 0.2) is 17.0 Å². The first-order valence-electron chi connectivity index (χ1n) is 6.75. The molecule has 5 nitrogen and oxygen atoms in total. The number of nitrogens with two attached hydrogens (primary N) is 1. The average Bonchev–Trinajstić information content (AvgIpc) is 2.83. The van der Waals surface area contributed by atoms with Crippen LogP contribution in [-0.4, -0.2) is 37.0 Å². The minimum absolute atomic E-state index is 0.0466. The molecule has 1 fully saturated rings. The third-order valence-electron chi connectivity index (χ3n) is 3.61. The van der Waals surface area contributed by atoms with Gasteiger partial charge in [-0.25, -0.2) is 17.2 Å². The van der Waals surface area contributed by atoms with Crippen molar-refractivity contribution >= 4 is 15.7 Å². The van der Waals surface area contributed by atoms with Crippen LogP contribution in [0.5, 0.6) is 0 Å². The summed E-state index contributed by atoms with van der Waals surface area (Å²) in [6.45, 7) is 0.177. The van der Waals surface area contributed by atoms with Crippen molar-refractivity contribution in [3.8, 4) is 0 Å². The zero-order valence-corrected chi connectivity index (χ0v) is 12.2. The lowest BCUT2D eigenvalue weighted by Crippen LogP contribution is -2.36. The maximum Gasteiger partial charge on any atom is 0.249 e. The first-order valence-corrected chi connectivity index (χ1v) is 8.19. The Hall–Kier alpha value is -1.25. The number of benzene rings is 1. The highest BCUT2D eigenvalue weighted by molar-refractivity contribution is 7.89. The lowest BCUT2D eigenvalue weighted by atomic mass is 10.1. The predicted octanol–water partition coefficient (Wildman–Crippen LogP) is 1.47. The Morgan fingerprint density at radius 3 is 2.52 bits per heavy atom. The molecular weight excluding hydrogens is 302 g/mol. The van der Waals surface area contributed by atoms with E-state index in [-0.39, 0.29) is 24.9 Å². The van der Waals surface area contributed by atoms with Crippen LogP contribution in [0.4, 0.5) is 14.5 Å². The molecule has 0 radical (unpaired) electrons. The van der Waals surface area contributed by atoms with Crippen LogP contribution in [0, 0.1) is 11.6 Å². The molecule has 1 aromatic rings. The third-order valence-corrected chi connectivity index (χ3v) is 5.61. The van der Waals surface area contributed by atoms with E-state index >= 15 is 0 Å². The van der Waals surface area contributed by atoms with Crippen LogP contribution in [-0.2, 0) is 10.0 Å². The van der Waals surface area contributed by atoms with Crippen molar-refractivity contribution < 1.29 is 22.3 Å². The summed E-state index contributed by atoms with van der Waals surface area (Å²) in [7, 11) is -4.25. The Morgan fingerprint density at radius 2 is 1.95 bits per heavy atom. The standard InChI is InChI=1S/C13H18F2N2O3S/c14-11-7-9(16)8-12(15)13(11)21(19,20)17-5-1-3-10(17)4-2-6-18/h7-8,10,18H,1-6,16H2. The fourth-order valence-corrected chi connectivity index (χ4v) is 4.50. The first kappa shape index (κ1) is 16.1. The van der Waals surface area contributed by atoms with Crippen molar-refractivity contribution in [2.24, 2.45) is 0 Å². The largest absolute Gasteiger partial charge is 0.399 e. The van der Waals surface area contributed by atoms with Crippen LogP contribution in [0.25, 0.3) is 0 Å². The van der Waals surface area contributed by atoms with Gasteiger partial charge in [0.2, 0.25) is 10.0 Å². The van der Waals surface area contributed by atoms with Gasteiger partial charge in [-0.05, 0) is 37.8 Å². The van der Waals surface area contributed by atoms with Crippen molar-refractivity contribution in [3.05, 3.63) is 23.8 Å². The molecule has 0 saturated carbocycles. The van der Waals surface area contributed by atoms with E-state index in [1.165, 1.54) is 0 Å². The van der Waals surface area contributed by atoms with Gasteiger partial charge in [0.15, 0.2) is 4.90 Å². The minimum atomic E-state index is -4.25. The van der Waals surface area contributed by atoms with E-state index < -0.39 is 26.6 Å². The maximum atomic E-state index is 13.9. The van der Waals surface area contributed by atoms with Crippen molar-refractivity contribution in [1.29, 1.82) is 0 Å². The van der Waals surface area contributed by atoms with Crippen LogP contribution in [0.2, 0.25) is 0 Å². The van der Waals surface area contributed by atoms with Crippen molar-refractivity contribution in [2.45, 2.75) is 36.6 Å². The van der Waals surface area contributed by atoms with E-state index in [2.05, 4.69) is 0 Å². The normalized spacial score (nSPS) is 20.0. The van der Waals surface area contributed by atoms with Gasteiger partial charge >= 0.3 is 0 Å². The first-order chi connectivity index (χ1) is 9.87. The number of rotatable bonds is 5. The number of hydrogen-bond donors (Lipinski definition) is 2. The molecule has 1 atom stereocenters. The van der Waals surface area contributed by atoms with Gasteiger partial charge in [-0.2, -0.15) is 4.31 Å². The molecule has 0 aromatic heterocycles. The Morgan fingerprint density at radius 1 is 1.33 bits per heavy atom. The minimum Gasteiger partial charge on any atom is -0.399 e. The topological polar surface area (TPSA) is 83.6 Å². The molecule has 0 amide bonds. The molecule has 8 heteroatoms. The smallest absolute Gasteiger partial charge is 0.249 e. The molecule has 1 heterocycles. The van der Waals surface area contributed by atoms with Crippen molar-refractivity contribution in [2.75, 3.05) is 18.9 Å². The van der Waals surface area contributed by atoms with Gasteiger partial charge in [0.25, 0.3) is 0 Å². The number of hydrogen-bond acceptors (Lipinski definition) is 4. The van der Waals surface area contributed by atoms with E-state index in [9.17, 15) is 17.2 Å². The monoisotopic (exact) mass is 320 g/mol. The van der Waals surface area contributed by atoms with E-state index in [0.29, 0.717) is 25.7 Å². The lowest BCUT2D eigenvalue weighted by Gasteiger charge is -2.24. The zero-order valence-electron chi connectivity index (χ0n) is 11.4. The second kappa shape index (κ2) is 6.25. The maximum absolute atomic E-state index is 13.9. The summed E-state index contributed by atoms with van der Waals surface area (Å²) < 4.78 is 53.9. The number of aliphatic hydroxyl groups excluding tert-OH is 1. The van der Waals surface area contributed by atoms with Gasteiger partial charge in [-0.3, -0.25) is 0 Å². The summed E-state index contributed by atoms with van der Waals surface area (Å²) in [5, 5.41) is 8.85. The third kappa shape index (κ3) is 3.17. The molecule has 0 bridgehead atoms. The summed E-state index contributed by atoms with van der Waals surface area (Å²) in [6.07, 6.45) is 2.17. The number of nitrogen functional groups attached to an aromatic ring is 1. The molecule has 21 heavy (non-hydrogen) atoms. The fraction of sp³-hybridized carbons (Fsp3) is 0.538. The van der Waals surface area contributed by atoms with Crippen molar-refractivity contribution in [3.63, 3.8) is 0 Å². The molecule has 1 unspecified atom stereocenters. The van der Waals surface area contributed by atoms with Gasteiger partial charge < -0.3 is 10.8 Å². The molecule has 0 spiro atoms. The molecule has 2 rings (SSSR count). The predicted molar refractivity (Wildman–Crippen MR) is 74.0 cm³/mol. The highest BCUT2D eigenvalue weighted by atomic mass is 32.2. The van der Waals surface area contributed by atoms with E-state index in [4.69, 9.17) is 10.8 Å². The van der Waals surface area contributed by atoms with E-state index in [0.717, 1.165) is 16.4 Å². The van der Waals surface area contributed by atoms with Gasteiger partial charge in [-0.15, -0.1) is 0 Å². The number of halogens is 2. The van der Waals surface area contributed by atoms with Gasteiger partial charge in [0, 0.05) is 24.9 Å². The number of aliphatic hydroxyl groups is 1. The summed E-state index contributed by atoms with van der Waals surface area (Å²) >= 11 is 0. The zero-order chi connectivity index (χ0) is 15.6. The Bertz CT molecular complexity index is 599. The molecular formula is C13H18F2N2O3S. The molecule has 118 valence electrons. The quantitative estimate of drug-likeness (QED) is 0.805. The summed E-state index contributed by atoms with van der Waals surface area (Å²) in [6, 6.07) is 1.27. The highest BCUT2D eigenvalue weighted by Crippen LogP contribution is 2.31.